The van der Waals surface area contributed by atoms with Crippen molar-refractivity contribution in [2.45, 2.75) is 12.2 Å². The second-order valence-electron chi connectivity index (χ2n) is 2.65. The Bertz CT molecular complexity index is 313. The number of halogens is 5. The first kappa shape index (κ1) is 10.9. The first-order valence-corrected chi connectivity index (χ1v) is 3.60. The van der Waals surface area contributed by atoms with E-state index in [9.17, 15) is 22.0 Å². The Labute approximate surface area is 76.3 Å². The van der Waals surface area contributed by atoms with Crippen molar-refractivity contribution in [3.63, 3.8) is 0 Å². The average Bonchev–Trinajstić information content (AvgIpc) is 2.01. The van der Waals surface area contributed by atoms with Crippen LogP contribution in [0.4, 0.5) is 22.0 Å². The Kier molecular flexibility index (Phi) is 2.75. The molecule has 0 amide bonds. The van der Waals surface area contributed by atoms with Gasteiger partial charge in [0.15, 0.2) is 0 Å². The molecular weight excluding hydrogens is 205 g/mol. The van der Waals surface area contributed by atoms with Crippen molar-refractivity contribution in [3.05, 3.63) is 35.4 Å². The number of nitrogens with two attached hydrogens (primary N) is 1. The number of rotatable bonds is 1. The molecule has 1 aromatic carbocycles. The molecule has 2 N–H and O–H groups in total. The molecule has 0 spiro atoms. The predicted molar refractivity (Wildman–Crippen MR) is 39.3 cm³/mol. The summed E-state index contributed by atoms with van der Waals surface area (Å²) in [7, 11) is 0. The Morgan fingerprint density at radius 1 is 1.07 bits per heavy atom. The molecule has 1 nitrogen and oxygen atoms in total. The standard InChI is InChI=1S/C8H6F5N/c9-4-2-1-3-5(10)6(4)7(14)8(11,12)13/h1-3,7H,14H2/t7-/m1/s1. The predicted octanol–water partition coefficient (Wildman–Crippen LogP) is 2.53. The van der Waals surface area contributed by atoms with Crippen molar-refractivity contribution in [1.29, 1.82) is 0 Å². The Morgan fingerprint density at radius 2 is 1.50 bits per heavy atom. The van der Waals surface area contributed by atoms with Crippen LogP contribution in [0, 0.1) is 11.6 Å². The quantitative estimate of drug-likeness (QED) is 0.709. The smallest absolute Gasteiger partial charge is 0.316 e. The lowest BCUT2D eigenvalue weighted by atomic mass is 10.1. The molecule has 0 aliphatic rings. The van der Waals surface area contributed by atoms with Crippen molar-refractivity contribution >= 4 is 0 Å². The van der Waals surface area contributed by atoms with E-state index in [0.29, 0.717) is 0 Å². The molecule has 14 heavy (non-hydrogen) atoms. The van der Waals surface area contributed by atoms with Crippen LogP contribution in [-0.4, -0.2) is 6.18 Å². The zero-order valence-corrected chi connectivity index (χ0v) is 6.78. The molecule has 0 fully saturated rings. The van der Waals surface area contributed by atoms with Gasteiger partial charge in [-0.1, -0.05) is 6.07 Å². The van der Waals surface area contributed by atoms with Crippen molar-refractivity contribution in [2.24, 2.45) is 5.73 Å². The summed E-state index contributed by atoms with van der Waals surface area (Å²) in [6.07, 6.45) is -4.86. The topological polar surface area (TPSA) is 26.0 Å². The average molecular weight is 211 g/mol. The minimum Gasteiger partial charge on any atom is -0.316 e. The Balaban J connectivity index is 3.19. The van der Waals surface area contributed by atoms with E-state index >= 15 is 0 Å². The summed E-state index contributed by atoms with van der Waals surface area (Å²) in [5.74, 6) is -2.59. The molecule has 0 aliphatic carbocycles. The Morgan fingerprint density at radius 3 is 1.86 bits per heavy atom. The van der Waals surface area contributed by atoms with Crippen LogP contribution in [0.15, 0.2) is 18.2 Å². The fourth-order valence-corrected chi connectivity index (χ4v) is 0.971. The van der Waals surface area contributed by atoms with Crippen LogP contribution in [0.5, 0.6) is 0 Å². The maximum atomic E-state index is 12.8. The van der Waals surface area contributed by atoms with E-state index in [1.165, 1.54) is 0 Å². The van der Waals surface area contributed by atoms with Gasteiger partial charge in [0.1, 0.15) is 17.7 Å². The van der Waals surface area contributed by atoms with Gasteiger partial charge in [0, 0.05) is 5.56 Å². The largest absolute Gasteiger partial charge is 0.407 e. The highest BCUT2D eigenvalue weighted by Crippen LogP contribution is 2.32. The summed E-state index contributed by atoms with van der Waals surface area (Å²) in [6.45, 7) is 0. The fourth-order valence-electron chi connectivity index (χ4n) is 0.971. The molecule has 0 bridgehead atoms. The minimum absolute atomic E-state index is 0.726. The van der Waals surface area contributed by atoms with Crippen LogP contribution < -0.4 is 5.73 Å². The molecule has 0 aliphatic heterocycles. The molecule has 0 unspecified atom stereocenters. The summed E-state index contributed by atoms with van der Waals surface area (Å²) >= 11 is 0. The molecule has 1 aromatic rings. The van der Waals surface area contributed by atoms with Crippen LogP contribution in [0.3, 0.4) is 0 Å². The first-order chi connectivity index (χ1) is 6.34. The van der Waals surface area contributed by atoms with E-state index in [2.05, 4.69) is 5.73 Å². The van der Waals surface area contributed by atoms with Crippen molar-refractivity contribution < 1.29 is 22.0 Å². The lowest BCUT2D eigenvalue weighted by Gasteiger charge is -2.16. The second-order valence-corrected chi connectivity index (χ2v) is 2.65. The molecule has 0 saturated heterocycles. The van der Waals surface area contributed by atoms with Crippen molar-refractivity contribution in [1.82, 2.24) is 0 Å². The molecule has 0 aromatic heterocycles. The zero-order chi connectivity index (χ0) is 10.9. The van der Waals surface area contributed by atoms with Gasteiger partial charge in [-0.15, -0.1) is 0 Å². The molecule has 78 valence electrons. The molecule has 1 atom stereocenters. The normalized spacial score (nSPS) is 14.1. The molecule has 0 saturated carbocycles. The highest BCUT2D eigenvalue weighted by Gasteiger charge is 2.40. The van der Waals surface area contributed by atoms with Gasteiger partial charge < -0.3 is 5.73 Å². The molecule has 1 rings (SSSR count). The van der Waals surface area contributed by atoms with Gasteiger partial charge in [-0.2, -0.15) is 13.2 Å². The Hall–Kier alpha value is -1.17. The van der Waals surface area contributed by atoms with Crippen LogP contribution >= 0.6 is 0 Å². The second kappa shape index (κ2) is 3.53. The van der Waals surface area contributed by atoms with Gasteiger partial charge in [0.2, 0.25) is 0 Å². The highest BCUT2D eigenvalue weighted by atomic mass is 19.4. The van der Waals surface area contributed by atoms with Crippen LogP contribution in [0.2, 0.25) is 0 Å². The van der Waals surface area contributed by atoms with Crippen LogP contribution in [-0.2, 0) is 0 Å². The summed E-state index contributed by atoms with van der Waals surface area (Å²) < 4.78 is 61.7. The van der Waals surface area contributed by atoms with Gasteiger partial charge in [0.05, 0.1) is 0 Å². The minimum atomic E-state index is -4.86. The van der Waals surface area contributed by atoms with E-state index in [1.807, 2.05) is 0 Å². The summed E-state index contributed by atoms with van der Waals surface area (Å²) in [5, 5.41) is 0. The number of hydrogen-bond donors (Lipinski definition) is 1. The van der Waals surface area contributed by atoms with Gasteiger partial charge in [-0.05, 0) is 12.1 Å². The maximum Gasteiger partial charge on any atom is 0.407 e. The summed E-state index contributed by atoms with van der Waals surface area (Å²) in [6, 6.07) is -0.214. The number of alkyl halides is 3. The summed E-state index contributed by atoms with van der Waals surface area (Å²) in [4.78, 5) is 0. The van der Waals surface area contributed by atoms with Gasteiger partial charge in [0.25, 0.3) is 0 Å². The van der Waals surface area contributed by atoms with Crippen molar-refractivity contribution in [3.8, 4) is 0 Å². The maximum absolute atomic E-state index is 12.8. The van der Waals surface area contributed by atoms with Crippen molar-refractivity contribution in [2.75, 3.05) is 0 Å². The third-order valence-electron chi connectivity index (χ3n) is 1.66. The first-order valence-electron chi connectivity index (χ1n) is 3.60. The lowest BCUT2D eigenvalue weighted by Crippen LogP contribution is -2.30. The number of hydrogen-bond acceptors (Lipinski definition) is 1. The molecule has 6 heteroatoms. The fraction of sp³-hybridized carbons (Fsp3) is 0.250. The zero-order valence-electron chi connectivity index (χ0n) is 6.78. The third kappa shape index (κ3) is 2.01. The van der Waals surface area contributed by atoms with E-state index < -0.39 is 29.4 Å². The molecule has 0 radical (unpaired) electrons. The van der Waals surface area contributed by atoms with Gasteiger partial charge >= 0.3 is 6.18 Å². The van der Waals surface area contributed by atoms with E-state index in [1.54, 1.807) is 0 Å². The van der Waals surface area contributed by atoms with Crippen LogP contribution in [0.1, 0.15) is 11.6 Å². The monoisotopic (exact) mass is 211 g/mol. The third-order valence-corrected chi connectivity index (χ3v) is 1.66. The van der Waals surface area contributed by atoms with E-state index in [-0.39, 0.29) is 0 Å². The lowest BCUT2D eigenvalue weighted by molar-refractivity contribution is -0.150. The molecular formula is C8H6F5N. The number of benzene rings is 1. The highest BCUT2D eigenvalue weighted by molar-refractivity contribution is 5.24. The molecule has 0 heterocycles. The SMILES string of the molecule is N[C@H](c1c(F)cccc1F)C(F)(F)F. The van der Waals surface area contributed by atoms with Gasteiger partial charge in [-0.25, -0.2) is 8.78 Å². The van der Waals surface area contributed by atoms with Crippen LogP contribution in [0.25, 0.3) is 0 Å². The van der Waals surface area contributed by atoms with Gasteiger partial charge in [-0.3, -0.25) is 0 Å². The summed E-state index contributed by atoms with van der Waals surface area (Å²) in [5.41, 5.74) is 3.52. The van der Waals surface area contributed by atoms with E-state index in [0.717, 1.165) is 18.2 Å². The van der Waals surface area contributed by atoms with E-state index in [4.69, 9.17) is 0 Å².